The monoisotopic (exact) mass is 351 g/mol. The van der Waals surface area contributed by atoms with Gasteiger partial charge in [-0.1, -0.05) is 36.4 Å². The number of anilines is 2. The number of rotatable bonds is 5. The number of hydrogen-bond acceptors (Lipinski definition) is 3. The molecule has 2 N–H and O–H groups in total. The Morgan fingerprint density at radius 3 is 1.92 bits per heavy atom. The van der Waals surface area contributed by atoms with Crippen molar-refractivity contribution in [2.45, 2.75) is 25.8 Å². The number of likely N-dealkylation sites (tertiary alicyclic amines) is 1. The van der Waals surface area contributed by atoms with Crippen molar-refractivity contribution in [3.63, 3.8) is 0 Å². The maximum atomic E-state index is 12.4. The summed E-state index contributed by atoms with van der Waals surface area (Å²) in [5.74, 6) is 0.0523. The Bertz CT molecular complexity index is 725. The molecule has 1 aliphatic rings. The summed E-state index contributed by atoms with van der Waals surface area (Å²) in [4.78, 5) is 27.0. The summed E-state index contributed by atoms with van der Waals surface area (Å²) in [5.41, 5.74) is 1.64. The summed E-state index contributed by atoms with van der Waals surface area (Å²) in [6.45, 7) is 3.41. The lowest BCUT2D eigenvalue weighted by atomic mass is 9.94. The van der Waals surface area contributed by atoms with Crippen LogP contribution in [-0.2, 0) is 9.59 Å². The van der Waals surface area contributed by atoms with Crippen molar-refractivity contribution >= 4 is 23.2 Å². The third-order valence-corrected chi connectivity index (χ3v) is 4.91. The van der Waals surface area contributed by atoms with E-state index in [9.17, 15) is 9.59 Å². The van der Waals surface area contributed by atoms with Crippen LogP contribution in [0.4, 0.5) is 11.4 Å². The van der Waals surface area contributed by atoms with Gasteiger partial charge in [0.15, 0.2) is 0 Å². The van der Waals surface area contributed by atoms with Crippen LogP contribution in [0.1, 0.15) is 19.8 Å². The highest BCUT2D eigenvalue weighted by atomic mass is 16.2. The Morgan fingerprint density at radius 1 is 0.885 bits per heavy atom. The largest absolute Gasteiger partial charge is 0.326 e. The molecule has 2 aromatic carbocycles. The van der Waals surface area contributed by atoms with Gasteiger partial charge in [-0.05, 0) is 57.1 Å². The van der Waals surface area contributed by atoms with Crippen LogP contribution in [0, 0.1) is 5.92 Å². The molecule has 26 heavy (non-hydrogen) atoms. The Hall–Kier alpha value is -2.66. The van der Waals surface area contributed by atoms with Gasteiger partial charge in [-0.3, -0.25) is 14.5 Å². The maximum Gasteiger partial charge on any atom is 0.241 e. The Balaban J connectivity index is 1.48. The minimum Gasteiger partial charge on any atom is -0.326 e. The zero-order chi connectivity index (χ0) is 18.4. The van der Waals surface area contributed by atoms with Gasteiger partial charge < -0.3 is 10.6 Å². The molecule has 1 saturated heterocycles. The summed E-state index contributed by atoms with van der Waals surface area (Å²) in [6.07, 6.45) is 1.53. The minimum absolute atomic E-state index is 0.00385. The van der Waals surface area contributed by atoms with Crippen molar-refractivity contribution in [3.05, 3.63) is 60.7 Å². The molecule has 5 nitrogen and oxygen atoms in total. The molecule has 2 amide bonds. The third kappa shape index (κ3) is 4.70. The molecule has 0 radical (unpaired) electrons. The molecule has 0 aliphatic carbocycles. The van der Waals surface area contributed by atoms with Crippen LogP contribution in [0.3, 0.4) is 0 Å². The van der Waals surface area contributed by atoms with Gasteiger partial charge in [0.2, 0.25) is 11.8 Å². The van der Waals surface area contributed by atoms with E-state index in [2.05, 4.69) is 15.5 Å². The SMILES string of the molecule is CC(C(=O)Nc1ccccc1)N1CCC(C(=O)Nc2ccccc2)CC1. The predicted octanol–water partition coefficient (Wildman–Crippen LogP) is 3.36. The second kappa shape index (κ2) is 8.63. The quantitative estimate of drug-likeness (QED) is 0.868. The second-order valence-corrected chi connectivity index (χ2v) is 6.70. The fourth-order valence-corrected chi connectivity index (χ4v) is 3.25. The van der Waals surface area contributed by atoms with Gasteiger partial charge in [0.1, 0.15) is 0 Å². The van der Waals surface area contributed by atoms with Crippen LogP contribution in [-0.4, -0.2) is 35.8 Å². The zero-order valence-corrected chi connectivity index (χ0v) is 15.0. The molecule has 1 atom stereocenters. The molecule has 5 heteroatoms. The summed E-state index contributed by atoms with van der Waals surface area (Å²) in [5, 5.41) is 5.92. The number of para-hydroxylation sites is 2. The molecular formula is C21H25N3O2. The van der Waals surface area contributed by atoms with Crippen LogP contribution >= 0.6 is 0 Å². The van der Waals surface area contributed by atoms with Crippen LogP contribution in [0.2, 0.25) is 0 Å². The Kier molecular flexibility index (Phi) is 6.02. The molecule has 2 aromatic rings. The van der Waals surface area contributed by atoms with Crippen molar-refractivity contribution < 1.29 is 9.59 Å². The van der Waals surface area contributed by atoms with Gasteiger partial charge in [0.25, 0.3) is 0 Å². The first-order valence-corrected chi connectivity index (χ1v) is 9.09. The highest BCUT2D eigenvalue weighted by molar-refractivity contribution is 5.94. The van der Waals surface area contributed by atoms with Crippen LogP contribution in [0.25, 0.3) is 0 Å². The Morgan fingerprint density at radius 2 is 1.38 bits per heavy atom. The molecular weight excluding hydrogens is 326 g/mol. The molecule has 1 unspecified atom stereocenters. The molecule has 0 aromatic heterocycles. The number of amides is 2. The van der Waals surface area contributed by atoms with Crippen molar-refractivity contribution in [1.29, 1.82) is 0 Å². The summed E-state index contributed by atoms with van der Waals surface area (Å²) < 4.78 is 0. The maximum absolute atomic E-state index is 12.4. The summed E-state index contributed by atoms with van der Waals surface area (Å²) >= 11 is 0. The van der Waals surface area contributed by atoms with E-state index < -0.39 is 0 Å². The van der Waals surface area contributed by atoms with E-state index in [1.54, 1.807) is 0 Å². The lowest BCUT2D eigenvalue weighted by Gasteiger charge is -2.34. The molecule has 1 fully saturated rings. The number of benzene rings is 2. The topological polar surface area (TPSA) is 61.4 Å². The fourth-order valence-electron chi connectivity index (χ4n) is 3.25. The molecule has 0 bridgehead atoms. The van der Waals surface area contributed by atoms with E-state index in [-0.39, 0.29) is 23.8 Å². The van der Waals surface area contributed by atoms with E-state index in [0.717, 1.165) is 37.3 Å². The first kappa shape index (κ1) is 18.1. The van der Waals surface area contributed by atoms with E-state index in [0.29, 0.717) is 0 Å². The second-order valence-electron chi connectivity index (χ2n) is 6.70. The first-order chi connectivity index (χ1) is 12.6. The highest BCUT2D eigenvalue weighted by Crippen LogP contribution is 2.21. The van der Waals surface area contributed by atoms with Crippen molar-refractivity contribution in [1.82, 2.24) is 4.90 Å². The number of nitrogens with one attached hydrogen (secondary N) is 2. The highest BCUT2D eigenvalue weighted by Gasteiger charge is 2.29. The normalized spacial score (nSPS) is 16.7. The smallest absolute Gasteiger partial charge is 0.241 e. The zero-order valence-electron chi connectivity index (χ0n) is 15.0. The summed E-state index contributed by atoms with van der Waals surface area (Å²) in [6, 6.07) is 18.8. The van der Waals surface area contributed by atoms with E-state index in [1.807, 2.05) is 67.6 Å². The lowest BCUT2D eigenvalue weighted by Crippen LogP contribution is -2.47. The number of carbonyl (C=O) groups is 2. The third-order valence-electron chi connectivity index (χ3n) is 4.91. The number of carbonyl (C=O) groups excluding carboxylic acids is 2. The molecule has 0 saturated carbocycles. The average Bonchev–Trinajstić information content (AvgIpc) is 2.69. The minimum atomic E-state index is -0.214. The van der Waals surface area contributed by atoms with Gasteiger partial charge in [-0.15, -0.1) is 0 Å². The van der Waals surface area contributed by atoms with Crippen LogP contribution in [0.15, 0.2) is 60.7 Å². The summed E-state index contributed by atoms with van der Waals surface area (Å²) in [7, 11) is 0. The van der Waals surface area contributed by atoms with E-state index in [4.69, 9.17) is 0 Å². The van der Waals surface area contributed by atoms with Crippen molar-refractivity contribution in [2.75, 3.05) is 23.7 Å². The van der Waals surface area contributed by atoms with Gasteiger partial charge >= 0.3 is 0 Å². The van der Waals surface area contributed by atoms with Crippen molar-refractivity contribution in [3.8, 4) is 0 Å². The van der Waals surface area contributed by atoms with Gasteiger partial charge in [0.05, 0.1) is 6.04 Å². The molecule has 3 rings (SSSR count). The van der Waals surface area contributed by atoms with E-state index >= 15 is 0 Å². The van der Waals surface area contributed by atoms with Crippen LogP contribution in [0.5, 0.6) is 0 Å². The first-order valence-electron chi connectivity index (χ1n) is 9.09. The standard InChI is InChI=1S/C21H25N3O2/c1-16(20(25)22-18-8-4-2-5-9-18)24-14-12-17(13-15-24)21(26)23-19-10-6-3-7-11-19/h2-11,16-17H,12-15H2,1H3,(H,22,25)(H,23,26). The lowest BCUT2D eigenvalue weighted by molar-refractivity contribution is -0.123. The number of hydrogen-bond donors (Lipinski definition) is 2. The molecule has 1 aliphatic heterocycles. The van der Waals surface area contributed by atoms with Gasteiger partial charge in [-0.25, -0.2) is 0 Å². The van der Waals surface area contributed by atoms with Crippen molar-refractivity contribution in [2.24, 2.45) is 5.92 Å². The van der Waals surface area contributed by atoms with Gasteiger partial charge in [-0.2, -0.15) is 0 Å². The van der Waals surface area contributed by atoms with E-state index in [1.165, 1.54) is 0 Å². The number of piperidine rings is 1. The molecule has 136 valence electrons. The average molecular weight is 351 g/mol. The predicted molar refractivity (Wildman–Crippen MR) is 104 cm³/mol. The van der Waals surface area contributed by atoms with Gasteiger partial charge in [0, 0.05) is 17.3 Å². The fraction of sp³-hybridized carbons (Fsp3) is 0.333. The molecule has 1 heterocycles. The Labute approximate surface area is 154 Å². The number of nitrogens with zero attached hydrogens (tertiary/aromatic N) is 1. The molecule has 0 spiro atoms. The van der Waals surface area contributed by atoms with Crippen LogP contribution < -0.4 is 10.6 Å².